The second-order valence-electron chi connectivity index (χ2n) is 25.3. The van der Waals surface area contributed by atoms with E-state index >= 15 is 0 Å². The van der Waals surface area contributed by atoms with Crippen LogP contribution in [-0.2, 0) is 76.0 Å². The third-order valence-corrected chi connectivity index (χ3v) is 17.8. The van der Waals surface area contributed by atoms with E-state index in [1.165, 1.54) is 39.0 Å². The molecule has 6 fully saturated rings. The fraction of sp³-hybridized carbons (Fsp3) is 0.794. The van der Waals surface area contributed by atoms with Gasteiger partial charge in [-0.1, -0.05) is 44.4 Å². The van der Waals surface area contributed by atoms with E-state index in [0.717, 1.165) is 53.4 Å². The summed E-state index contributed by atoms with van der Waals surface area (Å²) in [6.45, 7) is 3.52. The fourth-order valence-corrected chi connectivity index (χ4v) is 12.7. The smallest absolute Gasteiger partial charge is 0.251 e. The Labute approximate surface area is 571 Å². The Morgan fingerprint density at radius 2 is 0.899 bits per heavy atom. The highest BCUT2D eigenvalue weighted by molar-refractivity contribution is 5.94. The minimum absolute atomic E-state index is 0.0482. The van der Waals surface area contributed by atoms with Gasteiger partial charge in [0, 0.05) is 40.4 Å². The summed E-state index contributed by atoms with van der Waals surface area (Å²) in [5, 5.41) is 158. The number of hydrogen-bond donors (Lipinski definition) is 18. The first-order valence-corrected chi connectivity index (χ1v) is 33.2. The molecule has 6 aliphatic heterocycles. The molecular weight excluding hydrogens is 1320 g/mol. The van der Waals surface area contributed by atoms with Gasteiger partial charge in [-0.2, -0.15) is 0 Å². The van der Waals surface area contributed by atoms with Crippen molar-refractivity contribution in [3.8, 4) is 5.75 Å². The lowest BCUT2D eigenvalue weighted by atomic mass is 9.93. The Kier molecular flexibility index (Phi) is 31.7. The number of hydrogen-bond acceptors (Lipinski definition) is 31. The van der Waals surface area contributed by atoms with Gasteiger partial charge in [0.05, 0.1) is 45.7 Å². The van der Waals surface area contributed by atoms with Crippen LogP contribution in [-0.4, -0.2) is 327 Å². The lowest BCUT2D eigenvalue weighted by Crippen LogP contribution is -2.72. The Morgan fingerprint density at radius 3 is 1.35 bits per heavy atom. The molecule has 1 aromatic rings. The predicted molar refractivity (Wildman–Crippen MR) is 333 cm³/mol. The van der Waals surface area contributed by atoms with Crippen molar-refractivity contribution in [1.29, 1.82) is 0 Å². The SMILES string of the molecule is CCCCCC/C=C\CCCOc1cccc(C(=O)N[C@@H]2C(OC3C(O)C(NC(C)=O)[C@H](OC4C(CO)O[C@@H](O[C@@H]5C(CO)OC(OC6C(COC7OC(C)[C@@H](O)[C@@H](O)[C@H]7OC)O[C@@H](O)[C@@H](NC(C)=O)[C@H]6O)C(NC(C)=O)C5O)[C@@H](NC(C)=O)[C@H]4O)O[C@H]3CO)OC(CO)[C@@H](O)[C@@H]2O)c1. The Morgan fingerprint density at radius 1 is 0.465 bits per heavy atom. The number of ether oxygens (including phenoxy) is 13. The number of amides is 5. The average molecular weight is 1420 g/mol. The second kappa shape index (κ2) is 38.6. The molecule has 0 spiro atoms. The summed E-state index contributed by atoms with van der Waals surface area (Å²) in [6.07, 6.45) is -32.0. The zero-order valence-electron chi connectivity index (χ0n) is 56.1. The molecule has 0 bridgehead atoms. The van der Waals surface area contributed by atoms with E-state index in [-0.39, 0.29) is 5.56 Å². The molecule has 15 unspecified atom stereocenters. The van der Waals surface area contributed by atoms with Gasteiger partial charge >= 0.3 is 0 Å². The van der Waals surface area contributed by atoms with Crippen LogP contribution in [0.5, 0.6) is 5.75 Å². The van der Waals surface area contributed by atoms with Gasteiger partial charge in [-0.3, -0.25) is 24.0 Å². The summed E-state index contributed by atoms with van der Waals surface area (Å²) in [7, 11) is 1.21. The van der Waals surface area contributed by atoms with Crippen LogP contribution in [0.2, 0.25) is 0 Å². The van der Waals surface area contributed by atoms with Crippen LogP contribution in [0.1, 0.15) is 96.8 Å². The lowest BCUT2D eigenvalue weighted by Gasteiger charge is -2.51. The number of carbonyl (C=O) groups is 5. The van der Waals surface area contributed by atoms with E-state index in [1.54, 1.807) is 12.1 Å². The molecule has 18 N–H and O–H groups in total. The molecular formula is C63H101N5O31. The van der Waals surface area contributed by atoms with Crippen molar-refractivity contribution >= 4 is 29.5 Å². The first-order chi connectivity index (χ1) is 47.2. The zero-order chi connectivity index (χ0) is 72.5. The largest absolute Gasteiger partial charge is 0.494 e. The van der Waals surface area contributed by atoms with Crippen LogP contribution < -0.4 is 31.3 Å². The summed E-state index contributed by atoms with van der Waals surface area (Å²) in [5.41, 5.74) is 0.0482. The molecule has 564 valence electrons. The van der Waals surface area contributed by atoms with Gasteiger partial charge in [-0.25, -0.2) is 0 Å². The first-order valence-electron chi connectivity index (χ1n) is 33.2. The quantitative estimate of drug-likeness (QED) is 0.0235. The topological polar surface area (TPSA) is 528 Å². The molecule has 6 saturated heterocycles. The molecule has 36 nitrogen and oxygen atoms in total. The maximum Gasteiger partial charge on any atom is 0.251 e. The number of methoxy groups -OCH3 is 1. The van der Waals surface area contributed by atoms with Gasteiger partial charge in [-0.15, -0.1) is 0 Å². The van der Waals surface area contributed by atoms with Crippen molar-refractivity contribution in [1.82, 2.24) is 26.6 Å². The minimum atomic E-state index is -2.07. The van der Waals surface area contributed by atoms with E-state index in [4.69, 9.17) is 61.6 Å². The number of allylic oxidation sites excluding steroid dienone is 2. The highest BCUT2D eigenvalue weighted by atomic mass is 16.8. The Hall–Kier alpha value is -4.89. The monoisotopic (exact) mass is 1420 g/mol. The third-order valence-electron chi connectivity index (χ3n) is 17.8. The number of nitrogens with one attached hydrogen (secondary N) is 5. The third kappa shape index (κ3) is 20.9. The number of benzene rings is 1. The van der Waals surface area contributed by atoms with Gasteiger partial charge in [0.25, 0.3) is 5.91 Å². The van der Waals surface area contributed by atoms with Crippen LogP contribution in [0.3, 0.4) is 0 Å². The van der Waals surface area contributed by atoms with E-state index in [0.29, 0.717) is 18.8 Å². The molecule has 36 heteroatoms. The van der Waals surface area contributed by atoms with E-state index < -0.39 is 246 Å². The van der Waals surface area contributed by atoms with Crippen LogP contribution in [0.4, 0.5) is 0 Å². The molecule has 0 aromatic heterocycles. The number of unbranched alkanes of at least 4 members (excludes halogenated alkanes) is 5. The van der Waals surface area contributed by atoms with E-state index in [1.807, 2.05) is 0 Å². The van der Waals surface area contributed by atoms with Crippen molar-refractivity contribution in [2.24, 2.45) is 0 Å². The summed E-state index contributed by atoms with van der Waals surface area (Å²) in [5.74, 6) is -3.67. The summed E-state index contributed by atoms with van der Waals surface area (Å²) < 4.78 is 77.9. The zero-order valence-corrected chi connectivity index (χ0v) is 56.1. The molecule has 1 aromatic carbocycles. The van der Waals surface area contributed by atoms with Crippen molar-refractivity contribution < 1.29 is 152 Å². The summed E-state index contributed by atoms with van der Waals surface area (Å²) >= 11 is 0. The molecule has 0 radical (unpaired) electrons. The van der Waals surface area contributed by atoms with Crippen LogP contribution in [0.15, 0.2) is 36.4 Å². The Bertz CT molecular complexity index is 2730. The van der Waals surface area contributed by atoms with E-state index in [9.17, 15) is 90.4 Å². The van der Waals surface area contributed by atoms with Crippen molar-refractivity contribution in [3.05, 3.63) is 42.0 Å². The fourth-order valence-electron chi connectivity index (χ4n) is 12.7. The maximum absolute atomic E-state index is 14.0. The molecule has 0 saturated carbocycles. The Balaban J connectivity index is 1.07. The van der Waals surface area contributed by atoms with Gasteiger partial charge < -0.3 is 155 Å². The molecule has 7 rings (SSSR count). The lowest BCUT2D eigenvalue weighted by molar-refractivity contribution is -0.368. The predicted octanol–water partition coefficient (Wildman–Crippen LogP) is -6.72. The normalized spacial score (nSPS) is 39.6. The highest BCUT2D eigenvalue weighted by Crippen LogP contribution is 2.37. The van der Waals surface area contributed by atoms with Gasteiger partial charge in [0.2, 0.25) is 23.6 Å². The molecule has 30 atom stereocenters. The number of rotatable bonds is 32. The molecule has 6 heterocycles. The van der Waals surface area contributed by atoms with Gasteiger partial charge in [0.1, 0.15) is 146 Å². The molecule has 5 amide bonds. The maximum atomic E-state index is 14.0. The first kappa shape index (κ1) is 81.4. The second-order valence-corrected chi connectivity index (χ2v) is 25.3. The van der Waals surface area contributed by atoms with Gasteiger partial charge in [-0.05, 0) is 50.8 Å². The summed E-state index contributed by atoms with van der Waals surface area (Å²) in [4.78, 5) is 65.1. The molecule has 99 heavy (non-hydrogen) atoms. The minimum Gasteiger partial charge on any atom is -0.494 e. The average Bonchev–Trinajstić information content (AvgIpc) is 0.772. The van der Waals surface area contributed by atoms with Crippen molar-refractivity contribution in [3.63, 3.8) is 0 Å². The summed E-state index contributed by atoms with van der Waals surface area (Å²) in [6, 6.07) is -2.45. The van der Waals surface area contributed by atoms with Crippen molar-refractivity contribution in [2.45, 2.75) is 270 Å². The molecule has 6 aliphatic rings. The van der Waals surface area contributed by atoms with Gasteiger partial charge in [0.15, 0.2) is 37.7 Å². The van der Waals surface area contributed by atoms with Crippen LogP contribution in [0, 0.1) is 0 Å². The number of aliphatic hydroxyl groups excluding tert-OH is 13. The van der Waals surface area contributed by atoms with E-state index in [2.05, 4.69) is 45.7 Å². The molecule has 0 aliphatic carbocycles. The number of carbonyl (C=O) groups excluding carboxylic acids is 5. The van der Waals surface area contributed by atoms with Crippen LogP contribution >= 0.6 is 0 Å². The van der Waals surface area contributed by atoms with Crippen LogP contribution in [0.25, 0.3) is 0 Å². The standard InChI is InChI=1S/C63H101N5O31/c1-8-9-10-11-12-13-14-15-16-20-88-33-19-17-18-32(21-33)57(85)68-40-46(79)45(78)34(22-69)92-59(40)96-52-35(23-70)93-60(41(48(52)81)65-29(4)74)97-53-36(24-71)94-61(42(49(53)82)66-30(5)75)98-54-37(25-72)95-62(43(50(54)83)67-31(6)76)99-55-38(91-58(86)39(47(55)80)64-28(3)73)26-89-63-56(87-7)51(84)44(77)27(2)90-63/h13-14,17-19,21,27,34-56,58-63,69-72,77-84,86H,8-12,15-16,20,22-26H2,1-7H3,(H,64,73)(H,65,74)(H,66,75)(H,67,76)(H,68,85)/b14-13-/t27?,34?,35-,36?,37?,38?,39-,40-,41?,42-,43?,44+,45+,46+,47+,48?,49+,50?,51+,52?,53?,54+,55?,56+,58+,59?,60-,61-,62?,63?/m0/s1. The van der Waals surface area contributed by atoms with Crippen molar-refractivity contribution in [2.75, 3.05) is 46.8 Å². The number of aliphatic hydroxyl groups is 13. The highest BCUT2D eigenvalue weighted by Gasteiger charge is 2.58.